The molecule has 9 nitrogen and oxygen atoms in total. The fourth-order valence-electron chi connectivity index (χ4n) is 8.71. The van der Waals surface area contributed by atoms with Gasteiger partial charge in [-0.05, 0) is 38.5 Å². The predicted octanol–water partition coefficient (Wildman–Crippen LogP) is 15.6. The summed E-state index contributed by atoms with van der Waals surface area (Å²) in [7, 11) is 5.93. The van der Waals surface area contributed by atoms with Gasteiger partial charge in [0.25, 0.3) is 0 Å². The van der Waals surface area contributed by atoms with E-state index >= 15 is 0 Å². The lowest BCUT2D eigenvalue weighted by Crippen LogP contribution is -2.44. The molecule has 0 bridgehead atoms. The highest BCUT2D eigenvalue weighted by Crippen LogP contribution is 2.17. The molecule has 0 heterocycles. The summed E-state index contributed by atoms with van der Waals surface area (Å²) < 4.78 is 22.7. The number of carbonyl (C=O) groups excluding carboxylic acids is 3. The van der Waals surface area contributed by atoms with Crippen LogP contribution in [0.25, 0.3) is 0 Å². The Morgan fingerprint density at radius 1 is 0.426 bits per heavy atom. The molecule has 0 rings (SSSR count). The maximum Gasteiger partial charge on any atom is 0.306 e. The van der Waals surface area contributed by atoms with Crippen LogP contribution in [0.3, 0.4) is 0 Å². The van der Waals surface area contributed by atoms with Crippen molar-refractivity contribution in [3.05, 3.63) is 12.2 Å². The van der Waals surface area contributed by atoms with Gasteiger partial charge in [-0.2, -0.15) is 0 Å². The highest BCUT2D eigenvalue weighted by atomic mass is 16.7. The van der Waals surface area contributed by atoms with Gasteiger partial charge in [0.1, 0.15) is 13.2 Å². The molecule has 0 aromatic carbocycles. The van der Waals surface area contributed by atoms with Crippen molar-refractivity contribution >= 4 is 17.9 Å². The molecule has 0 spiro atoms. The molecule has 9 heteroatoms. The van der Waals surface area contributed by atoms with Crippen LogP contribution in [-0.4, -0.2) is 82.3 Å². The van der Waals surface area contributed by atoms with Gasteiger partial charge in [-0.1, -0.05) is 251 Å². The summed E-state index contributed by atoms with van der Waals surface area (Å²) in [6.45, 7) is 4.80. The topological polar surface area (TPSA) is 111 Å². The highest BCUT2D eigenvalue weighted by Gasteiger charge is 2.22. The van der Waals surface area contributed by atoms with Gasteiger partial charge in [-0.25, -0.2) is 0 Å². The minimum atomic E-state index is -1.62. The Morgan fingerprint density at radius 2 is 0.750 bits per heavy atom. The lowest BCUT2D eigenvalue weighted by molar-refractivity contribution is -0.870. The molecular formula is C59H113NO8. The third-order valence-electron chi connectivity index (χ3n) is 13.3. The van der Waals surface area contributed by atoms with Crippen LogP contribution in [0.5, 0.6) is 0 Å². The summed E-state index contributed by atoms with van der Waals surface area (Å²) in [5.74, 6) is -2.26. The number of quaternary nitrogens is 1. The van der Waals surface area contributed by atoms with E-state index in [0.29, 0.717) is 23.9 Å². The fraction of sp³-hybridized carbons (Fsp3) is 0.915. The molecule has 0 saturated heterocycles. The SMILES string of the molecule is CCCCCCCC/C=C\CCCCCCCCCCCC(=O)OC(COC(=O)CCCCCCCCCCCCCCCCCCCCCCCCCC)COC(OCC[N+](C)(C)C)C(=O)[O-]. The highest BCUT2D eigenvalue weighted by molar-refractivity contribution is 5.70. The average molecular weight is 965 g/mol. The smallest absolute Gasteiger partial charge is 0.306 e. The van der Waals surface area contributed by atoms with Gasteiger partial charge >= 0.3 is 11.9 Å². The molecule has 0 aliphatic rings. The number of carboxylic acid groups (broad SMARTS) is 1. The third kappa shape index (κ3) is 51.9. The van der Waals surface area contributed by atoms with Gasteiger partial charge in [0.15, 0.2) is 12.4 Å². The Morgan fingerprint density at radius 3 is 1.09 bits per heavy atom. The number of carbonyl (C=O) groups is 3. The van der Waals surface area contributed by atoms with E-state index in [2.05, 4.69) is 26.0 Å². The fourth-order valence-corrected chi connectivity index (χ4v) is 8.71. The average Bonchev–Trinajstić information content (AvgIpc) is 3.30. The van der Waals surface area contributed by atoms with Crippen LogP contribution >= 0.6 is 0 Å². The lowest BCUT2D eigenvalue weighted by Gasteiger charge is -2.26. The molecule has 0 aromatic heterocycles. The molecule has 0 aliphatic carbocycles. The van der Waals surface area contributed by atoms with E-state index in [9.17, 15) is 19.5 Å². The first-order valence-electron chi connectivity index (χ1n) is 29.3. The van der Waals surface area contributed by atoms with Gasteiger partial charge < -0.3 is 33.3 Å². The predicted molar refractivity (Wildman–Crippen MR) is 283 cm³/mol. The molecule has 0 radical (unpaired) electrons. The number of esters is 2. The van der Waals surface area contributed by atoms with Gasteiger partial charge in [-0.15, -0.1) is 0 Å². The summed E-state index contributed by atoms with van der Waals surface area (Å²) in [4.78, 5) is 37.3. The van der Waals surface area contributed by atoms with Crippen molar-refractivity contribution in [1.29, 1.82) is 0 Å². The number of likely N-dealkylation sites (N-methyl/N-ethyl adjacent to an activating group) is 1. The number of aliphatic carboxylic acids is 1. The summed E-state index contributed by atoms with van der Waals surface area (Å²) in [6.07, 6.45) is 55.4. The quantitative estimate of drug-likeness (QED) is 0.0195. The van der Waals surface area contributed by atoms with Crippen LogP contribution in [0.1, 0.15) is 290 Å². The second kappa shape index (κ2) is 51.4. The van der Waals surface area contributed by atoms with Crippen molar-refractivity contribution in [2.75, 3.05) is 47.5 Å². The van der Waals surface area contributed by atoms with Crippen molar-refractivity contribution in [1.82, 2.24) is 0 Å². The number of ether oxygens (including phenoxy) is 4. The van der Waals surface area contributed by atoms with E-state index in [1.165, 1.54) is 218 Å². The molecule has 0 N–H and O–H groups in total. The number of rotatable bonds is 55. The summed E-state index contributed by atoms with van der Waals surface area (Å²) >= 11 is 0. The van der Waals surface area contributed by atoms with E-state index in [1.54, 1.807) is 0 Å². The minimum Gasteiger partial charge on any atom is -0.545 e. The summed E-state index contributed by atoms with van der Waals surface area (Å²) in [5, 5.41) is 11.8. The van der Waals surface area contributed by atoms with E-state index < -0.39 is 24.3 Å². The van der Waals surface area contributed by atoms with Crippen LogP contribution in [0, 0.1) is 0 Å². The number of allylic oxidation sites excluding steroid dienone is 2. The zero-order chi connectivity index (χ0) is 49.9. The van der Waals surface area contributed by atoms with E-state index in [4.69, 9.17) is 18.9 Å². The second-order valence-corrected chi connectivity index (χ2v) is 21.3. The van der Waals surface area contributed by atoms with Crippen molar-refractivity contribution in [3.8, 4) is 0 Å². The Bertz CT molecular complexity index is 1120. The summed E-state index contributed by atoms with van der Waals surface area (Å²) in [5.41, 5.74) is 0. The second-order valence-electron chi connectivity index (χ2n) is 21.3. The monoisotopic (exact) mass is 964 g/mol. The van der Waals surface area contributed by atoms with E-state index in [0.717, 1.165) is 38.5 Å². The number of nitrogens with zero attached hydrogens (tertiary/aromatic N) is 1. The molecule has 0 fully saturated rings. The number of hydrogen-bond acceptors (Lipinski definition) is 8. The Kier molecular flexibility index (Phi) is 49.9. The van der Waals surface area contributed by atoms with Crippen LogP contribution in [0.15, 0.2) is 12.2 Å². The maximum absolute atomic E-state index is 12.8. The number of hydrogen-bond donors (Lipinski definition) is 0. The third-order valence-corrected chi connectivity index (χ3v) is 13.3. The summed E-state index contributed by atoms with van der Waals surface area (Å²) in [6, 6.07) is 0. The lowest BCUT2D eigenvalue weighted by atomic mass is 10.0. The van der Waals surface area contributed by atoms with Crippen molar-refractivity contribution in [3.63, 3.8) is 0 Å². The standard InChI is InChI=1S/C59H113NO8/c1-6-8-10-12-14-16-18-20-22-24-26-27-28-29-30-32-33-35-37-39-41-43-45-47-49-56(61)66-53-55(54-67-59(58(63)64)65-52-51-60(3,4)5)68-57(62)50-48-46-44-42-40-38-36-34-31-25-23-21-19-17-15-13-11-9-7-2/h21,23,55,59H,6-20,22,24-54H2,1-5H3/b23-21-. The molecule has 2 unspecified atom stereocenters. The molecule has 0 amide bonds. The first-order valence-corrected chi connectivity index (χ1v) is 29.3. The van der Waals surface area contributed by atoms with Crippen molar-refractivity contribution < 1.29 is 42.9 Å². The van der Waals surface area contributed by atoms with Gasteiger partial charge in [-0.3, -0.25) is 9.59 Å². The van der Waals surface area contributed by atoms with Crippen LogP contribution in [0.2, 0.25) is 0 Å². The van der Waals surface area contributed by atoms with Crippen molar-refractivity contribution in [2.24, 2.45) is 0 Å². The first kappa shape index (κ1) is 66.0. The van der Waals surface area contributed by atoms with Crippen LogP contribution in [-0.2, 0) is 33.3 Å². The number of carboxylic acids is 1. The van der Waals surface area contributed by atoms with Gasteiger partial charge in [0.05, 0.1) is 40.3 Å². The largest absolute Gasteiger partial charge is 0.545 e. The molecule has 68 heavy (non-hydrogen) atoms. The Labute approximate surface area is 421 Å². The molecule has 0 aliphatic heterocycles. The minimum absolute atomic E-state index is 0.151. The van der Waals surface area contributed by atoms with E-state index in [1.807, 2.05) is 21.1 Å². The normalized spacial score (nSPS) is 12.8. The molecule has 2 atom stereocenters. The zero-order valence-corrected chi connectivity index (χ0v) is 45.8. The van der Waals surface area contributed by atoms with Crippen LogP contribution in [0.4, 0.5) is 0 Å². The maximum atomic E-state index is 12.8. The molecule has 0 aromatic rings. The molecule has 402 valence electrons. The zero-order valence-electron chi connectivity index (χ0n) is 45.8. The van der Waals surface area contributed by atoms with Crippen LogP contribution < -0.4 is 5.11 Å². The van der Waals surface area contributed by atoms with Gasteiger partial charge in [0.2, 0.25) is 0 Å². The van der Waals surface area contributed by atoms with E-state index in [-0.39, 0.29) is 32.2 Å². The molecule has 0 saturated carbocycles. The molecular weight excluding hydrogens is 851 g/mol. The van der Waals surface area contributed by atoms with Crippen molar-refractivity contribution in [2.45, 2.75) is 302 Å². The number of unbranched alkanes of at least 4 members (excludes halogenated alkanes) is 38. The van der Waals surface area contributed by atoms with Gasteiger partial charge in [0, 0.05) is 12.8 Å². The first-order chi connectivity index (χ1) is 33.1. The Hall–Kier alpha value is -1.97. The Balaban J connectivity index is 4.18.